The van der Waals surface area contributed by atoms with Crippen molar-refractivity contribution in [3.8, 4) is 11.1 Å². The maximum absolute atomic E-state index is 11.6. The average molecular weight is 276 g/mol. The molecule has 0 fully saturated rings. The molecule has 0 unspecified atom stereocenters. The molecule has 0 spiro atoms. The number of aryl methyl sites for hydroxylation is 2. The lowest BCUT2D eigenvalue weighted by atomic mass is 10.1. The first kappa shape index (κ1) is 13.7. The zero-order valence-electron chi connectivity index (χ0n) is 11.1. The summed E-state index contributed by atoms with van der Waals surface area (Å²) < 4.78 is 25.6. The number of sulfonamides is 1. The lowest BCUT2D eigenvalue weighted by Crippen LogP contribution is -2.18. The zero-order chi connectivity index (χ0) is 14.0. The zero-order valence-corrected chi connectivity index (χ0v) is 12.0. The Balaban J connectivity index is 2.43. The van der Waals surface area contributed by atoms with Gasteiger partial charge in [0.1, 0.15) is 0 Å². The number of pyridine rings is 1. The van der Waals surface area contributed by atoms with Crippen LogP contribution in [0.2, 0.25) is 0 Å². The fraction of sp³-hybridized carbons (Fsp3) is 0.214. The monoisotopic (exact) mass is 276 g/mol. The molecule has 1 N–H and O–H groups in total. The van der Waals surface area contributed by atoms with Gasteiger partial charge in [-0.15, -0.1) is 0 Å². The first-order chi connectivity index (χ1) is 8.92. The Labute approximate surface area is 113 Å². The van der Waals surface area contributed by atoms with Gasteiger partial charge in [0.15, 0.2) is 0 Å². The van der Waals surface area contributed by atoms with E-state index in [4.69, 9.17) is 0 Å². The van der Waals surface area contributed by atoms with E-state index in [0.717, 1.165) is 22.5 Å². The highest BCUT2D eigenvalue weighted by Gasteiger charge is 2.10. The highest BCUT2D eigenvalue weighted by Crippen LogP contribution is 2.22. The third kappa shape index (κ3) is 3.00. The van der Waals surface area contributed by atoms with Crippen LogP contribution in [0.15, 0.2) is 41.3 Å². The van der Waals surface area contributed by atoms with Gasteiger partial charge in [-0.05, 0) is 56.3 Å². The van der Waals surface area contributed by atoms with Gasteiger partial charge in [0.2, 0.25) is 10.0 Å². The molecule has 0 amide bonds. The molecule has 1 aromatic carbocycles. The fourth-order valence-corrected chi connectivity index (χ4v) is 2.68. The van der Waals surface area contributed by atoms with Crippen LogP contribution < -0.4 is 4.72 Å². The van der Waals surface area contributed by atoms with Gasteiger partial charge in [-0.25, -0.2) is 13.1 Å². The van der Waals surface area contributed by atoms with Crippen molar-refractivity contribution in [2.24, 2.45) is 0 Å². The van der Waals surface area contributed by atoms with Gasteiger partial charge < -0.3 is 0 Å². The van der Waals surface area contributed by atoms with E-state index in [-0.39, 0.29) is 4.90 Å². The van der Waals surface area contributed by atoms with Gasteiger partial charge in [-0.2, -0.15) is 0 Å². The molecule has 0 aliphatic carbocycles. The molecule has 5 heteroatoms. The predicted octanol–water partition coefficient (Wildman–Crippen LogP) is 2.27. The van der Waals surface area contributed by atoms with Crippen LogP contribution >= 0.6 is 0 Å². The second kappa shape index (κ2) is 5.11. The molecule has 0 saturated heterocycles. The highest BCUT2D eigenvalue weighted by atomic mass is 32.2. The van der Waals surface area contributed by atoms with Crippen molar-refractivity contribution in [3.05, 3.63) is 47.8 Å². The molecule has 1 aromatic heterocycles. The van der Waals surface area contributed by atoms with Crippen LogP contribution in [0.5, 0.6) is 0 Å². The summed E-state index contributed by atoms with van der Waals surface area (Å²) in [5, 5.41) is 0. The molecule has 100 valence electrons. The quantitative estimate of drug-likeness (QED) is 0.935. The number of hydrogen-bond acceptors (Lipinski definition) is 3. The molecule has 4 nitrogen and oxygen atoms in total. The number of nitrogens with zero attached hydrogens (tertiary/aromatic N) is 1. The van der Waals surface area contributed by atoms with Crippen LogP contribution in [0.25, 0.3) is 11.1 Å². The fourth-order valence-electron chi connectivity index (χ4n) is 1.95. The summed E-state index contributed by atoms with van der Waals surface area (Å²) in [6.45, 7) is 3.88. The van der Waals surface area contributed by atoms with E-state index in [1.165, 1.54) is 7.05 Å². The maximum atomic E-state index is 11.6. The molecule has 0 saturated carbocycles. The minimum absolute atomic E-state index is 0.265. The minimum Gasteiger partial charge on any atom is -0.258 e. The van der Waals surface area contributed by atoms with Gasteiger partial charge in [0, 0.05) is 11.4 Å². The van der Waals surface area contributed by atoms with Crippen LogP contribution in [0, 0.1) is 13.8 Å². The summed E-state index contributed by atoms with van der Waals surface area (Å²) in [7, 11) is -1.97. The number of nitrogens with one attached hydrogen (secondary N) is 1. The first-order valence-electron chi connectivity index (χ1n) is 5.91. The van der Waals surface area contributed by atoms with E-state index < -0.39 is 10.0 Å². The van der Waals surface area contributed by atoms with Crippen LogP contribution in [0.1, 0.15) is 11.4 Å². The van der Waals surface area contributed by atoms with Crippen molar-refractivity contribution in [1.82, 2.24) is 9.71 Å². The third-order valence-electron chi connectivity index (χ3n) is 2.85. The summed E-state index contributed by atoms with van der Waals surface area (Å²) in [5.41, 5.74) is 3.91. The maximum Gasteiger partial charge on any atom is 0.240 e. The Kier molecular flexibility index (Phi) is 3.68. The second-order valence-electron chi connectivity index (χ2n) is 4.37. The Morgan fingerprint density at radius 2 is 1.47 bits per heavy atom. The van der Waals surface area contributed by atoms with Crippen molar-refractivity contribution < 1.29 is 8.42 Å². The Morgan fingerprint density at radius 3 is 1.95 bits per heavy atom. The van der Waals surface area contributed by atoms with Crippen molar-refractivity contribution >= 4 is 10.0 Å². The van der Waals surface area contributed by atoms with Gasteiger partial charge in [0.05, 0.1) is 4.90 Å². The molecule has 0 bridgehead atoms. The van der Waals surface area contributed by atoms with E-state index in [1.54, 1.807) is 24.3 Å². The van der Waals surface area contributed by atoms with E-state index in [9.17, 15) is 8.42 Å². The van der Waals surface area contributed by atoms with Gasteiger partial charge in [0.25, 0.3) is 0 Å². The van der Waals surface area contributed by atoms with E-state index in [2.05, 4.69) is 9.71 Å². The number of benzene rings is 1. The summed E-state index contributed by atoms with van der Waals surface area (Å²) in [4.78, 5) is 4.59. The third-order valence-corrected chi connectivity index (χ3v) is 4.28. The highest BCUT2D eigenvalue weighted by molar-refractivity contribution is 7.89. The van der Waals surface area contributed by atoms with Crippen molar-refractivity contribution in [1.29, 1.82) is 0 Å². The van der Waals surface area contributed by atoms with Gasteiger partial charge in [-0.1, -0.05) is 12.1 Å². The largest absolute Gasteiger partial charge is 0.258 e. The molecule has 0 radical (unpaired) electrons. The predicted molar refractivity (Wildman–Crippen MR) is 75.4 cm³/mol. The summed E-state index contributed by atoms with van der Waals surface area (Å²) >= 11 is 0. The molecular formula is C14H16N2O2S. The molecule has 0 aliphatic rings. The van der Waals surface area contributed by atoms with Crippen molar-refractivity contribution in [2.75, 3.05) is 7.05 Å². The Hall–Kier alpha value is -1.72. The molecule has 19 heavy (non-hydrogen) atoms. The Bertz CT molecular complexity index is 672. The number of aromatic nitrogens is 1. The van der Waals surface area contributed by atoms with Gasteiger partial charge in [-0.3, -0.25) is 4.98 Å². The lowest BCUT2D eigenvalue weighted by molar-refractivity contribution is 0.588. The SMILES string of the molecule is CNS(=O)(=O)c1ccc(-c2cc(C)nc(C)c2)cc1. The van der Waals surface area contributed by atoms with Crippen LogP contribution in [0.3, 0.4) is 0 Å². The standard InChI is InChI=1S/C14H16N2O2S/c1-10-8-13(9-11(2)16-10)12-4-6-14(7-5-12)19(17,18)15-3/h4-9,15H,1-3H3. The van der Waals surface area contributed by atoms with Crippen molar-refractivity contribution in [2.45, 2.75) is 18.7 Å². The smallest absolute Gasteiger partial charge is 0.240 e. The van der Waals surface area contributed by atoms with Gasteiger partial charge >= 0.3 is 0 Å². The average Bonchev–Trinajstić information content (AvgIpc) is 2.38. The lowest BCUT2D eigenvalue weighted by Gasteiger charge is -2.06. The van der Waals surface area contributed by atoms with Crippen LogP contribution in [0.4, 0.5) is 0 Å². The summed E-state index contributed by atoms with van der Waals surface area (Å²) in [6.07, 6.45) is 0. The normalized spacial score (nSPS) is 11.5. The second-order valence-corrected chi connectivity index (χ2v) is 6.26. The molecule has 2 aromatic rings. The topological polar surface area (TPSA) is 59.1 Å². The molecular weight excluding hydrogens is 260 g/mol. The van der Waals surface area contributed by atoms with Crippen molar-refractivity contribution in [3.63, 3.8) is 0 Å². The summed E-state index contributed by atoms with van der Waals surface area (Å²) in [6, 6.07) is 10.8. The molecule has 1 heterocycles. The number of hydrogen-bond donors (Lipinski definition) is 1. The molecule has 0 aliphatic heterocycles. The van der Waals surface area contributed by atoms with E-state index in [1.807, 2.05) is 26.0 Å². The van der Waals surface area contributed by atoms with E-state index >= 15 is 0 Å². The molecule has 0 atom stereocenters. The van der Waals surface area contributed by atoms with E-state index in [0.29, 0.717) is 0 Å². The first-order valence-corrected chi connectivity index (χ1v) is 7.40. The summed E-state index contributed by atoms with van der Waals surface area (Å²) in [5.74, 6) is 0. The Morgan fingerprint density at radius 1 is 0.947 bits per heavy atom. The number of rotatable bonds is 3. The minimum atomic E-state index is -3.38. The molecule has 2 rings (SSSR count). The van der Waals surface area contributed by atoms with Crippen LogP contribution in [-0.2, 0) is 10.0 Å². The van der Waals surface area contributed by atoms with Crippen LogP contribution in [-0.4, -0.2) is 20.4 Å².